The second-order valence-corrected chi connectivity index (χ2v) is 4.76. The molecule has 104 valence electrons. The van der Waals surface area contributed by atoms with Gasteiger partial charge in [-0.15, -0.1) is 0 Å². The van der Waals surface area contributed by atoms with Crippen LogP contribution in [0.5, 0.6) is 0 Å². The van der Waals surface area contributed by atoms with E-state index in [-0.39, 0.29) is 24.0 Å². The van der Waals surface area contributed by atoms with Crippen LogP contribution in [0.1, 0.15) is 23.2 Å². The van der Waals surface area contributed by atoms with E-state index in [2.05, 4.69) is 0 Å². The van der Waals surface area contributed by atoms with Crippen molar-refractivity contribution in [2.24, 2.45) is 0 Å². The number of halogens is 2. The smallest absolute Gasteiger partial charge is 0.179 e. The summed E-state index contributed by atoms with van der Waals surface area (Å²) in [4.78, 5) is 13.9. The summed E-state index contributed by atoms with van der Waals surface area (Å²) in [6.07, 6.45) is 1.95. The summed E-state index contributed by atoms with van der Waals surface area (Å²) < 4.78 is 31.7. The molecular formula is C14H17F2NO2. The van der Waals surface area contributed by atoms with E-state index in [0.717, 1.165) is 44.1 Å². The Morgan fingerprint density at radius 1 is 1.37 bits per heavy atom. The Kier molecular flexibility index (Phi) is 4.61. The third-order valence-electron chi connectivity index (χ3n) is 3.46. The highest BCUT2D eigenvalue weighted by atomic mass is 19.1. The van der Waals surface area contributed by atoms with Crippen molar-refractivity contribution in [3.63, 3.8) is 0 Å². The highest BCUT2D eigenvalue weighted by molar-refractivity contribution is 5.97. The summed E-state index contributed by atoms with van der Waals surface area (Å²) in [5.74, 6) is -1.64. The molecule has 1 aromatic rings. The SMILES string of the molecule is COC1CCN(CC(=O)c2cc(F)ccc2F)CC1. The number of methoxy groups -OCH3 is 1. The van der Waals surface area contributed by atoms with E-state index >= 15 is 0 Å². The molecule has 1 heterocycles. The van der Waals surface area contributed by atoms with Gasteiger partial charge in [0.05, 0.1) is 18.2 Å². The minimum Gasteiger partial charge on any atom is -0.381 e. The first kappa shape index (κ1) is 14.1. The van der Waals surface area contributed by atoms with Crippen molar-refractivity contribution in [1.82, 2.24) is 4.90 Å². The maximum Gasteiger partial charge on any atom is 0.179 e. The maximum absolute atomic E-state index is 13.5. The average molecular weight is 269 g/mol. The van der Waals surface area contributed by atoms with Crippen LogP contribution >= 0.6 is 0 Å². The Labute approximate surface area is 111 Å². The van der Waals surface area contributed by atoms with Gasteiger partial charge >= 0.3 is 0 Å². The van der Waals surface area contributed by atoms with Crippen molar-refractivity contribution in [2.45, 2.75) is 18.9 Å². The predicted molar refractivity (Wildman–Crippen MR) is 67.2 cm³/mol. The second-order valence-electron chi connectivity index (χ2n) is 4.76. The largest absolute Gasteiger partial charge is 0.381 e. The first-order valence-corrected chi connectivity index (χ1v) is 6.33. The number of ether oxygens (including phenoxy) is 1. The molecule has 0 radical (unpaired) electrons. The van der Waals surface area contributed by atoms with Crippen molar-refractivity contribution < 1.29 is 18.3 Å². The van der Waals surface area contributed by atoms with Crippen molar-refractivity contribution in [1.29, 1.82) is 0 Å². The lowest BCUT2D eigenvalue weighted by Gasteiger charge is -2.30. The third-order valence-corrected chi connectivity index (χ3v) is 3.46. The lowest BCUT2D eigenvalue weighted by molar-refractivity contribution is 0.0401. The number of carbonyl (C=O) groups is 1. The van der Waals surface area contributed by atoms with Crippen LogP contribution in [0.25, 0.3) is 0 Å². The number of hydrogen-bond donors (Lipinski definition) is 0. The summed E-state index contributed by atoms with van der Waals surface area (Å²) in [5.41, 5.74) is -0.172. The van der Waals surface area contributed by atoms with E-state index in [9.17, 15) is 13.6 Å². The molecule has 0 saturated carbocycles. The van der Waals surface area contributed by atoms with E-state index in [1.165, 1.54) is 0 Å². The number of Topliss-reactive ketones (excluding diaryl/α,β-unsaturated/α-hetero) is 1. The topological polar surface area (TPSA) is 29.5 Å². The Balaban J connectivity index is 1.96. The number of rotatable bonds is 4. The molecule has 5 heteroatoms. The molecule has 0 aliphatic carbocycles. The van der Waals surface area contributed by atoms with Crippen LogP contribution in [0, 0.1) is 11.6 Å². The van der Waals surface area contributed by atoms with Gasteiger partial charge in [0, 0.05) is 20.2 Å². The summed E-state index contributed by atoms with van der Waals surface area (Å²) in [7, 11) is 1.67. The van der Waals surface area contributed by atoms with E-state index in [1.54, 1.807) is 7.11 Å². The van der Waals surface area contributed by atoms with Crippen molar-refractivity contribution in [2.75, 3.05) is 26.7 Å². The molecule has 0 unspecified atom stereocenters. The Hall–Kier alpha value is -1.33. The Morgan fingerprint density at radius 2 is 2.05 bits per heavy atom. The van der Waals surface area contributed by atoms with Gasteiger partial charge in [0.1, 0.15) is 11.6 Å². The number of ketones is 1. The molecule has 19 heavy (non-hydrogen) atoms. The highest BCUT2D eigenvalue weighted by Gasteiger charge is 2.22. The van der Waals surface area contributed by atoms with Gasteiger partial charge in [0.2, 0.25) is 0 Å². The number of hydrogen-bond acceptors (Lipinski definition) is 3. The number of benzene rings is 1. The molecule has 0 spiro atoms. The summed E-state index contributed by atoms with van der Waals surface area (Å²) in [6, 6.07) is 2.95. The molecule has 2 rings (SSSR count). The molecule has 1 aromatic carbocycles. The van der Waals surface area contributed by atoms with Gasteiger partial charge in [-0.25, -0.2) is 8.78 Å². The van der Waals surface area contributed by atoms with Gasteiger partial charge in [-0.3, -0.25) is 9.69 Å². The quantitative estimate of drug-likeness (QED) is 0.785. The van der Waals surface area contributed by atoms with Gasteiger partial charge in [0.15, 0.2) is 5.78 Å². The number of nitrogens with zero attached hydrogens (tertiary/aromatic N) is 1. The highest BCUT2D eigenvalue weighted by Crippen LogP contribution is 2.15. The van der Waals surface area contributed by atoms with Crippen molar-refractivity contribution >= 4 is 5.78 Å². The molecule has 1 aliphatic heterocycles. The third kappa shape index (κ3) is 3.58. The van der Waals surface area contributed by atoms with Gasteiger partial charge in [-0.1, -0.05) is 0 Å². The predicted octanol–water partition coefficient (Wildman–Crippen LogP) is 2.26. The minimum absolute atomic E-state index is 0.122. The molecule has 0 atom stereocenters. The van der Waals surface area contributed by atoms with Crippen molar-refractivity contribution in [3.05, 3.63) is 35.4 Å². The van der Waals surface area contributed by atoms with Crippen LogP contribution in [-0.4, -0.2) is 43.5 Å². The summed E-state index contributed by atoms with van der Waals surface area (Å²) in [5, 5.41) is 0. The number of piperidine rings is 1. The normalized spacial score (nSPS) is 17.6. The maximum atomic E-state index is 13.5. The lowest BCUT2D eigenvalue weighted by Crippen LogP contribution is -2.39. The van der Waals surface area contributed by atoms with Crippen LogP contribution in [0.4, 0.5) is 8.78 Å². The van der Waals surface area contributed by atoms with Crippen LogP contribution < -0.4 is 0 Å². The van der Waals surface area contributed by atoms with Gasteiger partial charge in [-0.05, 0) is 31.0 Å². The van der Waals surface area contributed by atoms with E-state index < -0.39 is 11.6 Å². The van der Waals surface area contributed by atoms with Crippen LogP contribution in [0.2, 0.25) is 0 Å². The van der Waals surface area contributed by atoms with Crippen LogP contribution in [0.15, 0.2) is 18.2 Å². The zero-order valence-electron chi connectivity index (χ0n) is 10.9. The zero-order chi connectivity index (χ0) is 13.8. The summed E-state index contributed by atoms with van der Waals surface area (Å²) >= 11 is 0. The van der Waals surface area contributed by atoms with E-state index in [4.69, 9.17) is 4.74 Å². The minimum atomic E-state index is -0.668. The molecule has 1 saturated heterocycles. The summed E-state index contributed by atoms with van der Waals surface area (Å²) in [6.45, 7) is 1.60. The molecule has 3 nitrogen and oxygen atoms in total. The fourth-order valence-electron chi connectivity index (χ4n) is 2.30. The molecule has 0 N–H and O–H groups in total. The first-order chi connectivity index (χ1) is 9.10. The van der Waals surface area contributed by atoms with Gasteiger partial charge in [-0.2, -0.15) is 0 Å². The molecule has 0 amide bonds. The monoisotopic (exact) mass is 269 g/mol. The average Bonchev–Trinajstić information content (AvgIpc) is 2.42. The zero-order valence-corrected chi connectivity index (χ0v) is 10.9. The molecule has 0 aromatic heterocycles. The fourth-order valence-corrected chi connectivity index (χ4v) is 2.30. The van der Waals surface area contributed by atoms with E-state index in [0.29, 0.717) is 0 Å². The fraction of sp³-hybridized carbons (Fsp3) is 0.500. The van der Waals surface area contributed by atoms with Crippen molar-refractivity contribution in [3.8, 4) is 0 Å². The van der Waals surface area contributed by atoms with Crippen LogP contribution in [0.3, 0.4) is 0 Å². The number of likely N-dealkylation sites (tertiary alicyclic amines) is 1. The lowest BCUT2D eigenvalue weighted by atomic mass is 10.1. The van der Waals surface area contributed by atoms with Gasteiger partial charge in [0.25, 0.3) is 0 Å². The second kappa shape index (κ2) is 6.21. The number of carbonyl (C=O) groups excluding carboxylic acids is 1. The molecule has 1 aliphatic rings. The Bertz CT molecular complexity index is 457. The Morgan fingerprint density at radius 3 is 2.68 bits per heavy atom. The molecule has 1 fully saturated rings. The molecular weight excluding hydrogens is 252 g/mol. The van der Waals surface area contributed by atoms with E-state index in [1.807, 2.05) is 4.90 Å². The molecule has 0 bridgehead atoms. The first-order valence-electron chi connectivity index (χ1n) is 6.33. The standard InChI is InChI=1S/C14H17F2NO2/c1-19-11-4-6-17(7-5-11)9-14(18)12-8-10(15)2-3-13(12)16/h2-3,8,11H,4-7,9H2,1H3. The van der Waals surface area contributed by atoms with Crippen LogP contribution in [-0.2, 0) is 4.74 Å². The van der Waals surface area contributed by atoms with Gasteiger partial charge < -0.3 is 4.74 Å².